The number of aryl methyl sites for hydroxylation is 1. The van der Waals surface area contributed by atoms with Gasteiger partial charge >= 0.3 is 0 Å². The standard InChI is InChI=1S/C15H24N2S/c1-12-8-13(9-16)4-5-14(12)10-17-6-7-18-15(2,3)11-17/h4-5,8H,6-7,9-11,16H2,1-3H3. The van der Waals surface area contributed by atoms with Crippen molar-refractivity contribution in [3.05, 3.63) is 34.9 Å². The second kappa shape index (κ2) is 5.64. The van der Waals surface area contributed by atoms with Crippen molar-refractivity contribution in [2.24, 2.45) is 5.73 Å². The molecule has 1 fully saturated rings. The molecule has 1 aliphatic heterocycles. The van der Waals surface area contributed by atoms with Crippen LogP contribution < -0.4 is 5.73 Å². The number of hydrogen-bond acceptors (Lipinski definition) is 3. The van der Waals surface area contributed by atoms with Crippen molar-refractivity contribution < 1.29 is 0 Å². The molecular formula is C15H24N2S. The van der Waals surface area contributed by atoms with E-state index in [9.17, 15) is 0 Å². The van der Waals surface area contributed by atoms with Gasteiger partial charge < -0.3 is 5.73 Å². The summed E-state index contributed by atoms with van der Waals surface area (Å²) < 4.78 is 0.392. The third-order valence-electron chi connectivity index (χ3n) is 3.54. The smallest absolute Gasteiger partial charge is 0.0237 e. The summed E-state index contributed by atoms with van der Waals surface area (Å²) in [6.07, 6.45) is 0. The van der Waals surface area contributed by atoms with Gasteiger partial charge in [0.2, 0.25) is 0 Å². The Morgan fingerprint density at radius 3 is 2.78 bits per heavy atom. The molecule has 0 unspecified atom stereocenters. The SMILES string of the molecule is Cc1cc(CN)ccc1CN1CCSC(C)(C)C1. The monoisotopic (exact) mass is 264 g/mol. The molecule has 0 saturated carbocycles. The van der Waals surface area contributed by atoms with Gasteiger partial charge in [0.25, 0.3) is 0 Å². The van der Waals surface area contributed by atoms with Crippen LogP contribution in [0.4, 0.5) is 0 Å². The highest BCUT2D eigenvalue weighted by Gasteiger charge is 2.26. The van der Waals surface area contributed by atoms with Crippen molar-refractivity contribution in [2.75, 3.05) is 18.8 Å². The molecule has 0 spiro atoms. The summed E-state index contributed by atoms with van der Waals surface area (Å²) in [5, 5.41) is 0. The summed E-state index contributed by atoms with van der Waals surface area (Å²) in [5.74, 6) is 1.24. The van der Waals surface area contributed by atoms with Crippen LogP contribution in [-0.4, -0.2) is 28.5 Å². The van der Waals surface area contributed by atoms with Crippen molar-refractivity contribution in [1.82, 2.24) is 4.90 Å². The average Bonchev–Trinajstić information content (AvgIpc) is 2.30. The zero-order valence-electron chi connectivity index (χ0n) is 11.7. The molecule has 2 N–H and O–H groups in total. The Morgan fingerprint density at radius 1 is 1.39 bits per heavy atom. The second-order valence-electron chi connectivity index (χ2n) is 5.78. The van der Waals surface area contributed by atoms with Crippen LogP contribution in [0.15, 0.2) is 18.2 Å². The van der Waals surface area contributed by atoms with Crippen LogP contribution in [0.1, 0.15) is 30.5 Å². The van der Waals surface area contributed by atoms with Gasteiger partial charge in [0.1, 0.15) is 0 Å². The van der Waals surface area contributed by atoms with Gasteiger partial charge in [-0.05, 0) is 37.5 Å². The van der Waals surface area contributed by atoms with Crippen LogP contribution in [-0.2, 0) is 13.1 Å². The number of nitrogens with zero attached hydrogens (tertiary/aromatic N) is 1. The first-order chi connectivity index (χ1) is 8.50. The third-order valence-corrected chi connectivity index (χ3v) is 4.84. The van der Waals surface area contributed by atoms with Crippen molar-refractivity contribution >= 4 is 11.8 Å². The van der Waals surface area contributed by atoms with Crippen LogP contribution in [0, 0.1) is 6.92 Å². The minimum absolute atomic E-state index is 0.392. The lowest BCUT2D eigenvalue weighted by Gasteiger charge is -2.37. The molecular weight excluding hydrogens is 240 g/mol. The maximum absolute atomic E-state index is 5.68. The van der Waals surface area contributed by atoms with Crippen molar-refractivity contribution in [3.63, 3.8) is 0 Å². The summed E-state index contributed by atoms with van der Waals surface area (Å²) in [6.45, 7) is 11.0. The first-order valence-corrected chi connectivity index (χ1v) is 7.63. The molecule has 3 heteroatoms. The van der Waals surface area contributed by atoms with Gasteiger partial charge in [-0.2, -0.15) is 11.8 Å². The van der Waals surface area contributed by atoms with E-state index in [0.29, 0.717) is 11.3 Å². The van der Waals surface area contributed by atoms with Crippen LogP contribution in [0.2, 0.25) is 0 Å². The molecule has 0 amide bonds. The Hall–Kier alpha value is -0.510. The van der Waals surface area contributed by atoms with E-state index in [0.717, 1.165) is 6.54 Å². The Balaban J connectivity index is 2.05. The molecule has 1 heterocycles. The van der Waals surface area contributed by atoms with Crippen molar-refractivity contribution in [3.8, 4) is 0 Å². The topological polar surface area (TPSA) is 29.3 Å². The van der Waals surface area contributed by atoms with Gasteiger partial charge in [0.15, 0.2) is 0 Å². The summed E-state index contributed by atoms with van der Waals surface area (Å²) in [7, 11) is 0. The Labute approximate surface area is 115 Å². The maximum Gasteiger partial charge on any atom is 0.0237 e. The highest BCUT2D eigenvalue weighted by Crippen LogP contribution is 2.30. The lowest BCUT2D eigenvalue weighted by Crippen LogP contribution is -2.42. The van der Waals surface area contributed by atoms with Gasteiger partial charge in [0, 0.05) is 36.7 Å². The van der Waals surface area contributed by atoms with Gasteiger partial charge in [0.05, 0.1) is 0 Å². The third kappa shape index (κ3) is 3.50. The summed E-state index contributed by atoms with van der Waals surface area (Å²) in [5.41, 5.74) is 9.71. The number of thioether (sulfide) groups is 1. The number of nitrogens with two attached hydrogens (primary N) is 1. The minimum Gasteiger partial charge on any atom is -0.326 e. The van der Waals surface area contributed by atoms with E-state index < -0.39 is 0 Å². The normalized spacial score (nSPS) is 20.0. The van der Waals surface area contributed by atoms with Crippen molar-refractivity contribution in [2.45, 2.75) is 38.6 Å². The first-order valence-electron chi connectivity index (χ1n) is 6.65. The van der Waals surface area contributed by atoms with Crippen LogP contribution in [0.3, 0.4) is 0 Å². The molecule has 0 atom stereocenters. The molecule has 1 saturated heterocycles. The molecule has 1 aromatic rings. The van der Waals surface area contributed by atoms with Crippen LogP contribution >= 0.6 is 11.8 Å². The zero-order valence-corrected chi connectivity index (χ0v) is 12.5. The Kier molecular flexibility index (Phi) is 4.36. The van der Waals surface area contributed by atoms with Gasteiger partial charge in [-0.3, -0.25) is 4.90 Å². The molecule has 1 aromatic carbocycles. The van der Waals surface area contributed by atoms with E-state index in [2.05, 4.69) is 55.6 Å². The van der Waals surface area contributed by atoms with E-state index in [1.165, 1.54) is 35.5 Å². The van der Waals surface area contributed by atoms with E-state index >= 15 is 0 Å². The lowest BCUT2D eigenvalue weighted by atomic mass is 10.0. The quantitative estimate of drug-likeness (QED) is 0.910. The van der Waals surface area contributed by atoms with E-state index in [-0.39, 0.29) is 0 Å². The molecule has 0 aliphatic carbocycles. The minimum atomic E-state index is 0.392. The lowest BCUT2D eigenvalue weighted by molar-refractivity contribution is 0.252. The predicted octanol–water partition coefficient (Wildman–Crippen LogP) is 2.78. The molecule has 18 heavy (non-hydrogen) atoms. The molecule has 2 nitrogen and oxygen atoms in total. The van der Waals surface area contributed by atoms with Crippen LogP contribution in [0.5, 0.6) is 0 Å². The van der Waals surface area contributed by atoms with E-state index in [4.69, 9.17) is 5.73 Å². The molecule has 0 radical (unpaired) electrons. The number of hydrogen-bond donors (Lipinski definition) is 1. The molecule has 2 rings (SSSR count). The van der Waals surface area contributed by atoms with E-state index in [1.54, 1.807) is 0 Å². The Bertz CT molecular complexity index is 415. The summed E-state index contributed by atoms with van der Waals surface area (Å²) in [6, 6.07) is 6.62. The van der Waals surface area contributed by atoms with Gasteiger partial charge in [-0.15, -0.1) is 0 Å². The highest BCUT2D eigenvalue weighted by molar-refractivity contribution is 8.00. The number of benzene rings is 1. The zero-order chi connectivity index (χ0) is 13.2. The molecule has 0 aromatic heterocycles. The largest absolute Gasteiger partial charge is 0.326 e. The summed E-state index contributed by atoms with van der Waals surface area (Å²) >= 11 is 2.09. The van der Waals surface area contributed by atoms with E-state index in [1.807, 2.05) is 0 Å². The second-order valence-corrected chi connectivity index (χ2v) is 7.59. The van der Waals surface area contributed by atoms with Crippen molar-refractivity contribution in [1.29, 1.82) is 0 Å². The fourth-order valence-corrected chi connectivity index (χ4v) is 3.73. The molecule has 100 valence electrons. The molecule has 0 bridgehead atoms. The highest BCUT2D eigenvalue weighted by atomic mass is 32.2. The van der Waals surface area contributed by atoms with Crippen LogP contribution in [0.25, 0.3) is 0 Å². The fourth-order valence-electron chi connectivity index (χ4n) is 2.55. The van der Waals surface area contributed by atoms with Gasteiger partial charge in [-0.25, -0.2) is 0 Å². The average molecular weight is 264 g/mol. The maximum atomic E-state index is 5.68. The van der Waals surface area contributed by atoms with Gasteiger partial charge in [-0.1, -0.05) is 18.2 Å². The summed E-state index contributed by atoms with van der Waals surface area (Å²) in [4.78, 5) is 2.57. The fraction of sp³-hybridized carbons (Fsp3) is 0.600. The molecule has 1 aliphatic rings. The Morgan fingerprint density at radius 2 is 2.17 bits per heavy atom. The number of rotatable bonds is 3. The predicted molar refractivity (Wildman–Crippen MR) is 80.9 cm³/mol. The first kappa shape index (κ1) is 13.9.